The molecule has 3 nitrogen and oxygen atoms in total. The fourth-order valence-corrected chi connectivity index (χ4v) is 2.92. The summed E-state index contributed by atoms with van der Waals surface area (Å²) < 4.78 is 5.83. The monoisotopic (exact) mass is 298 g/mol. The van der Waals surface area contributed by atoms with E-state index >= 15 is 0 Å². The Morgan fingerprint density at radius 2 is 1.81 bits per heavy atom. The predicted molar refractivity (Wildman–Crippen MR) is 91.7 cm³/mol. The molecule has 1 fully saturated rings. The lowest BCUT2D eigenvalue weighted by Gasteiger charge is -2.46. The van der Waals surface area contributed by atoms with Gasteiger partial charge in [-0.25, -0.2) is 0 Å². The molecule has 0 amide bonds. The van der Waals surface area contributed by atoms with Crippen LogP contribution < -0.4 is 5.32 Å². The Morgan fingerprint density at radius 3 is 2.33 bits per heavy atom. The van der Waals surface area contributed by atoms with Crippen molar-refractivity contribution in [2.75, 3.05) is 32.8 Å². The van der Waals surface area contributed by atoms with E-state index in [1.165, 1.54) is 6.42 Å². The van der Waals surface area contributed by atoms with Gasteiger partial charge in [0, 0.05) is 38.3 Å². The Kier molecular flexibility index (Phi) is 7.66. The third kappa shape index (κ3) is 6.66. The van der Waals surface area contributed by atoms with E-state index in [0.717, 1.165) is 38.8 Å². The Balaban J connectivity index is 2.44. The molecule has 2 atom stereocenters. The van der Waals surface area contributed by atoms with Crippen molar-refractivity contribution in [3.05, 3.63) is 0 Å². The average molecular weight is 299 g/mol. The van der Waals surface area contributed by atoms with E-state index in [-0.39, 0.29) is 0 Å². The summed E-state index contributed by atoms with van der Waals surface area (Å²) >= 11 is 0. The summed E-state index contributed by atoms with van der Waals surface area (Å²) in [6.45, 7) is 21.2. The number of ether oxygens (including phenoxy) is 1. The van der Waals surface area contributed by atoms with E-state index in [9.17, 15) is 0 Å². The van der Waals surface area contributed by atoms with Crippen LogP contribution in [0.3, 0.4) is 0 Å². The smallest absolute Gasteiger partial charge is 0.0593 e. The van der Waals surface area contributed by atoms with Gasteiger partial charge in [0.1, 0.15) is 0 Å². The molecule has 3 heteroatoms. The van der Waals surface area contributed by atoms with E-state index in [1.807, 2.05) is 0 Å². The molecule has 1 saturated heterocycles. The van der Waals surface area contributed by atoms with Gasteiger partial charge in [0.05, 0.1) is 6.61 Å². The van der Waals surface area contributed by atoms with Gasteiger partial charge in [-0.2, -0.15) is 0 Å². The fourth-order valence-electron chi connectivity index (χ4n) is 2.92. The van der Waals surface area contributed by atoms with Gasteiger partial charge in [0.25, 0.3) is 0 Å². The van der Waals surface area contributed by atoms with E-state index < -0.39 is 0 Å². The summed E-state index contributed by atoms with van der Waals surface area (Å²) in [5, 5.41) is 3.75. The number of nitrogens with zero attached hydrogens (tertiary/aromatic N) is 1. The molecular weight excluding hydrogens is 260 g/mol. The second kappa shape index (κ2) is 8.50. The first-order valence-electron chi connectivity index (χ1n) is 8.77. The molecule has 1 heterocycles. The lowest BCUT2D eigenvalue weighted by Crippen LogP contribution is -2.62. The molecule has 21 heavy (non-hydrogen) atoms. The van der Waals surface area contributed by atoms with Crippen LogP contribution >= 0.6 is 0 Å². The van der Waals surface area contributed by atoms with Crippen LogP contribution in [-0.4, -0.2) is 49.8 Å². The van der Waals surface area contributed by atoms with Crippen LogP contribution in [0.1, 0.15) is 54.9 Å². The molecule has 1 aliphatic rings. The Bertz CT molecular complexity index is 283. The van der Waals surface area contributed by atoms with Gasteiger partial charge in [-0.05, 0) is 23.7 Å². The SMILES string of the molecule is CC(C)CCOCCN1CC(C(C)(C)C)NCC1C(C)C. The first-order chi connectivity index (χ1) is 9.71. The van der Waals surface area contributed by atoms with Crippen molar-refractivity contribution in [1.82, 2.24) is 10.2 Å². The third-order valence-corrected chi connectivity index (χ3v) is 4.64. The van der Waals surface area contributed by atoms with Gasteiger partial charge >= 0.3 is 0 Å². The van der Waals surface area contributed by atoms with Crippen molar-refractivity contribution < 1.29 is 4.74 Å². The van der Waals surface area contributed by atoms with Gasteiger partial charge in [-0.15, -0.1) is 0 Å². The maximum atomic E-state index is 5.83. The van der Waals surface area contributed by atoms with Crippen molar-refractivity contribution in [2.45, 2.75) is 67.0 Å². The topological polar surface area (TPSA) is 24.5 Å². The molecule has 1 N–H and O–H groups in total. The molecule has 0 spiro atoms. The minimum Gasteiger partial charge on any atom is -0.380 e. The number of hydrogen-bond acceptors (Lipinski definition) is 3. The van der Waals surface area contributed by atoms with Crippen molar-refractivity contribution in [2.24, 2.45) is 17.3 Å². The summed E-state index contributed by atoms with van der Waals surface area (Å²) in [5.74, 6) is 1.42. The second-order valence-corrected chi connectivity index (χ2v) is 8.43. The van der Waals surface area contributed by atoms with Crippen LogP contribution in [-0.2, 0) is 4.74 Å². The van der Waals surface area contributed by atoms with Crippen molar-refractivity contribution in [1.29, 1.82) is 0 Å². The molecule has 0 bridgehead atoms. The highest BCUT2D eigenvalue weighted by molar-refractivity contribution is 4.92. The maximum Gasteiger partial charge on any atom is 0.0593 e. The molecule has 0 saturated carbocycles. The van der Waals surface area contributed by atoms with Gasteiger partial charge in [-0.3, -0.25) is 4.90 Å². The normalized spacial score (nSPS) is 25.0. The average Bonchev–Trinajstić information content (AvgIpc) is 2.36. The van der Waals surface area contributed by atoms with Crippen LogP contribution in [0.2, 0.25) is 0 Å². The van der Waals surface area contributed by atoms with Gasteiger partial charge < -0.3 is 10.1 Å². The van der Waals surface area contributed by atoms with Gasteiger partial charge in [-0.1, -0.05) is 48.5 Å². The van der Waals surface area contributed by atoms with E-state index in [0.29, 0.717) is 23.4 Å². The molecule has 0 radical (unpaired) electrons. The molecule has 1 aliphatic heterocycles. The first kappa shape index (κ1) is 18.9. The predicted octanol–water partition coefficient (Wildman–Crippen LogP) is 3.39. The summed E-state index contributed by atoms with van der Waals surface area (Å²) in [5.41, 5.74) is 0.318. The van der Waals surface area contributed by atoms with Crippen molar-refractivity contribution in [3.8, 4) is 0 Å². The van der Waals surface area contributed by atoms with Gasteiger partial charge in [0.2, 0.25) is 0 Å². The number of hydrogen-bond donors (Lipinski definition) is 1. The maximum absolute atomic E-state index is 5.83. The zero-order chi connectivity index (χ0) is 16.0. The summed E-state index contributed by atoms with van der Waals surface area (Å²) in [4.78, 5) is 2.65. The van der Waals surface area contributed by atoms with Crippen LogP contribution in [0.25, 0.3) is 0 Å². The molecule has 0 aliphatic carbocycles. The highest BCUT2D eigenvalue weighted by atomic mass is 16.5. The summed E-state index contributed by atoms with van der Waals surface area (Å²) in [6, 6.07) is 1.21. The minimum atomic E-state index is 0.318. The lowest BCUT2D eigenvalue weighted by atomic mass is 9.83. The van der Waals surface area contributed by atoms with Crippen LogP contribution in [0, 0.1) is 17.3 Å². The molecule has 1 rings (SSSR count). The highest BCUT2D eigenvalue weighted by Gasteiger charge is 2.34. The van der Waals surface area contributed by atoms with Crippen molar-refractivity contribution >= 4 is 0 Å². The van der Waals surface area contributed by atoms with E-state index in [4.69, 9.17) is 4.74 Å². The number of nitrogens with one attached hydrogen (secondary N) is 1. The van der Waals surface area contributed by atoms with Crippen LogP contribution in [0.4, 0.5) is 0 Å². The van der Waals surface area contributed by atoms with Gasteiger partial charge in [0.15, 0.2) is 0 Å². The zero-order valence-electron chi connectivity index (χ0n) is 15.4. The molecule has 0 aromatic heterocycles. The molecular formula is C18H38N2O. The molecule has 126 valence electrons. The minimum absolute atomic E-state index is 0.318. The Morgan fingerprint density at radius 1 is 1.14 bits per heavy atom. The molecule has 0 aromatic carbocycles. The zero-order valence-corrected chi connectivity index (χ0v) is 15.4. The first-order valence-corrected chi connectivity index (χ1v) is 8.77. The van der Waals surface area contributed by atoms with Crippen LogP contribution in [0.15, 0.2) is 0 Å². The summed E-state index contributed by atoms with van der Waals surface area (Å²) in [7, 11) is 0. The third-order valence-electron chi connectivity index (χ3n) is 4.64. The fraction of sp³-hybridized carbons (Fsp3) is 1.00. The highest BCUT2D eigenvalue weighted by Crippen LogP contribution is 2.25. The molecule has 2 unspecified atom stereocenters. The van der Waals surface area contributed by atoms with E-state index in [2.05, 4.69) is 58.7 Å². The second-order valence-electron chi connectivity index (χ2n) is 8.43. The molecule has 0 aromatic rings. The van der Waals surface area contributed by atoms with Crippen LogP contribution in [0.5, 0.6) is 0 Å². The van der Waals surface area contributed by atoms with Crippen molar-refractivity contribution in [3.63, 3.8) is 0 Å². The Labute approximate surface area is 132 Å². The standard InChI is InChI=1S/C18H38N2O/c1-14(2)8-10-21-11-9-20-13-17(18(5,6)7)19-12-16(20)15(3)4/h14-17,19H,8-13H2,1-7H3. The number of piperazine rings is 1. The largest absolute Gasteiger partial charge is 0.380 e. The summed E-state index contributed by atoms with van der Waals surface area (Å²) in [6.07, 6.45) is 1.17. The van der Waals surface area contributed by atoms with E-state index in [1.54, 1.807) is 0 Å². The Hall–Kier alpha value is -0.120. The number of rotatable bonds is 7. The lowest BCUT2D eigenvalue weighted by molar-refractivity contribution is 0.0296. The quantitative estimate of drug-likeness (QED) is 0.729.